The second kappa shape index (κ2) is 6.58. The van der Waals surface area contributed by atoms with Crippen LogP contribution in [0, 0.1) is 0 Å². The van der Waals surface area contributed by atoms with Gasteiger partial charge in [-0.3, -0.25) is 4.79 Å². The van der Waals surface area contributed by atoms with E-state index in [1.54, 1.807) is 17.8 Å². The lowest BCUT2D eigenvalue weighted by Gasteiger charge is -2.30. The molecule has 132 valence electrons. The van der Waals surface area contributed by atoms with Crippen LogP contribution in [0.25, 0.3) is 5.69 Å². The van der Waals surface area contributed by atoms with Gasteiger partial charge in [0, 0.05) is 6.54 Å². The van der Waals surface area contributed by atoms with Crippen LogP contribution < -0.4 is 4.74 Å². The lowest BCUT2D eigenvalue weighted by molar-refractivity contribution is -0.147. The zero-order valence-corrected chi connectivity index (χ0v) is 14.3. The molecule has 1 saturated heterocycles. The predicted octanol–water partition coefficient (Wildman–Crippen LogP) is 2.35. The number of aliphatic carboxylic acids is 1. The van der Waals surface area contributed by atoms with Crippen molar-refractivity contribution in [1.29, 1.82) is 0 Å². The van der Waals surface area contributed by atoms with Crippen molar-refractivity contribution in [1.82, 2.24) is 14.7 Å². The number of amides is 1. The molecule has 1 aliphatic heterocycles. The highest BCUT2D eigenvalue weighted by atomic mass is 16.5. The molecule has 1 amide bonds. The van der Waals surface area contributed by atoms with E-state index in [0.29, 0.717) is 31.7 Å². The predicted molar refractivity (Wildman–Crippen MR) is 91.0 cm³/mol. The van der Waals surface area contributed by atoms with Crippen LogP contribution >= 0.6 is 0 Å². The summed E-state index contributed by atoms with van der Waals surface area (Å²) in [5, 5.41) is 13.9. The summed E-state index contributed by atoms with van der Waals surface area (Å²) in [6, 6.07) is 9.38. The maximum Gasteiger partial charge on any atom is 0.329 e. The molecule has 1 atom stereocenters. The van der Waals surface area contributed by atoms with Gasteiger partial charge in [0.1, 0.15) is 5.54 Å². The number of hydrogen-bond donors (Lipinski definition) is 1. The Bertz CT molecular complexity index is 787. The fourth-order valence-electron chi connectivity index (χ4n) is 3.12. The van der Waals surface area contributed by atoms with Crippen LogP contribution in [0.4, 0.5) is 0 Å². The largest absolute Gasteiger partial charge is 0.490 e. The lowest BCUT2D eigenvalue weighted by Crippen LogP contribution is -2.51. The third-order valence-electron chi connectivity index (χ3n) is 4.55. The monoisotopic (exact) mass is 343 g/mol. The number of aromatic nitrogens is 2. The minimum Gasteiger partial charge on any atom is -0.490 e. The van der Waals surface area contributed by atoms with Gasteiger partial charge >= 0.3 is 5.97 Å². The van der Waals surface area contributed by atoms with Crippen LogP contribution in [0.2, 0.25) is 0 Å². The fraction of sp³-hybridized carbons (Fsp3) is 0.389. The molecule has 1 aromatic heterocycles. The van der Waals surface area contributed by atoms with Gasteiger partial charge in [0.2, 0.25) is 0 Å². The molecule has 1 fully saturated rings. The van der Waals surface area contributed by atoms with E-state index in [4.69, 9.17) is 4.74 Å². The van der Waals surface area contributed by atoms with E-state index in [1.807, 2.05) is 37.3 Å². The van der Waals surface area contributed by atoms with E-state index < -0.39 is 17.4 Å². The Balaban J connectivity index is 1.99. The van der Waals surface area contributed by atoms with Gasteiger partial charge in [0.05, 0.1) is 18.5 Å². The molecule has 3 rings (SSSR count). The maximum absolute atomic E-state index is 13.0. The molecular weight excluding hydrogens is 322 g/mol. The summed E-state index contributed by atoms with van der Waals surface area (Å²) in [5.41, 5.74) is -0.276. The quantitative estimate of drug-likeness (QED) is 0.901. The Morgan fingerprint density at radius 1 is 1.32 bits per heavy atom. The topological polar surface area (TPSA) is 84.7 Å². The number of ether oxygens (including phenoxy) is 1. The summed E-state index contributed by atoms with van der Waals surface area (Å²) in [7, 11) is 0. The summed E-state index contributed by atoms with van der Waals surface area (Å²) in [6.07, 6.45) is 2.73. The number of likely N-dealkylation sites (tertiary alicyclic amines) is 1. The smallest absolute Gasteiger partial charge is 0.329 e. The van der Waals surface area contributed by atoms with Gasteiger partial charge < -0.3 is 14.7 Å². The summed E-state index contributed by atoms with van der Waals surface area (Å²) in [5.74, 6) is -1.06. The molecule has 2 heterocycles. The van der Waals surface area contributed by atoms with E-state index in [2.05, 4.69) is 5.10 Å². The zero-order valence-electron chi connectivity index (χ0n) is 14.3. The van der Waals surface area contributed by atoms with Crippen molar-refractivity contribution in [3.05, 3.63) is 42.2 Å². The first-order chi connectivity index (χ1) is 12.0. The number of carboxylic acids is 1. The Kier molecular flexibility index (Phi) is 4.48. The normalized spacial score (nSPS) is 19.8. The van der Waals surface area contributed by atoms with Gasteiger partial charge in [-0.05, 0) is 38.8 Å². The molecule has 0 aliphatic carbocycles. The van der Waals surface area contributed by atoms with Crippen LogP contribution in [0.5, 0.6) is 5.75 Å². The SMILES string of the molecule is CCOc1cn(-c2ccccc2)nc1C(=O)N1CCCC1(C)C(=O)O. The van der Waals surface area contributed by atoms with E-state index >= 15 is 0 Å². The van der Waals surface area contributed by atoms with Gasteiger partial charge in [-0.25, -0.2) is 9.48 Å². The second-order valence-corrected chi connectivity index (χ2v) is 6.19. The molecule has 0 saturated carbocycles. The molecule has 7 nitrogen and oxygen atoms in total. The summed E-state index contributed by atoms with van der Waals surface area (Å²) >= 11 is 0. The molecule has 1 unspecified atom stereocenters. The molecular formula is C18H21N3O4. The van der Waals surface area contributed by atoms with Crippen molar-refractivity contribution in [3.63, 3.8) is 0 Å². The van der Waals surface area contributed by atoms with E-state index in [9.17, 15) is 14.7 Å². The van der Waals surface area contributed by atoms with Crippen molar-refractivity contribution in [3.8, 4) is 11.4 Å². The first-order valence-electron chi connectivity index (χ1n) is 8.30. The summed E-state index contributed by atoms with van der Waals surface area (Å²) < 4.78 is 7.15. The van der Waals surface area contributed by atoms with E-state index in [0.717, 1.165) is 5.69 Å². The number of benzene rings is 1. The Labute approximate surface area is 145 Å². The Hall–Kier alpha value is -2.83. The molecule has 1 N–H and O–H groups in total. The highest BCUT2D eigenvalue weighted by molar-refractivity contribution is 5.98. The minimum absolute atomic E-state index is 0.139. The molecule has 0 bridgehead atoms. The van der Waals surface area contributed by atoms with Crippen LogP contribution in [0.1, 0.15) is 37.2 Å². The van der Waals surface area contributed by atoms with E-state index in [-0.39, 0.29) is 5.69 Å². The van der Waals surface area contributed by atoms with Gasteiger partial charge in [0.15, 0.2) is 11.4 Å². The zero-order chi connectivity index (χ0) is 18.0. The van der Waals surface area contributed by atoms with E-state index in [1.165, 1.54) is 4.90 Å². The maximum atomic E-state index is 13.0. The van der Waals surface area contributed by atoms with Crippen LogP contribution in [0.3, 0.4) is 0 Å². The average molecular weight is 343 g/mol. The molecule has 0 radical (unpaired) electrons. The van der Waals surface area contributed by atoms with Crippen LogP contribution in [-0.4, -0.2) is 50.4 Å². The third-order valence-corrected chi connectivity index (χ3v) is 4.55. The first-order valence-corrected chi connectivity index (χ1v) is 8.30. The van der Waals surface area contributed by atoms with Gasteiger partial charge in [0.25, 0.3) is 5.91 Å². The van der Waals surface area contributed by atoms with Gasteiger partial charge in [-0.15, -0.1) is 0 Å². The van der Waals surface area contributed by atoms with Crippen molar-refractivity contribution in [2.45, 2.75) is 32.2 Å². The van der Waals surface area contributed by atoms with Crippen LogP contribution in [-0.2, 0) is 4.79 Å². The number of hydrogen-bond acceptors (Lipinski definition) is 4. The minimum atomic E-state index is -1.21. The van der Waals surface area contributed by atoms with Gasteiger partial charge in [-0.1, -0.05) is 18.2 Å². The third kappa shape index (κ3) is 2.97. The number of para-hydroxylation sites is 1. The summed E-state index contributed by atoms with van der Waals surface area (Å²) in [6.45, 7) is 4.18. The van der Waals surface area contributed by atoms with Crippen LogP contribution in [0.15, 0.2) is 36.5 Å². The Morgan fingerprint density at radius 3 is 2.68 bits per heavy atom. The van der Waals surface area contributed by atoms with Crippen molar-refractivity contribution in [2.75, 3.05) is 13.2 Å². The molecule has 0 spiro atoms. The number of carboxylic acid groups (broad SMARTS) is 1. The lowest BCUT2D eigenvalue weighted by atomic mass is 9.99. The molecule has 2 aromatic rings. The second-order valence-electron chi connectivity index (χ2n) is 6.19. The number of carbonyl (C=O) groups is 2. The van der Waals surface area contributed by atoms with Gasteiger partial charge in [-0.2, -0.15) is 5.10 Å². The summed E-state index contributed by atoms with van der Waals surface area (Å²) in [4.78, 5) is 26.1. The van der Waals surface area contributed by atoms with Crippen molar-refractivity contribution < 1.29 is 19.4 Å². The molecule has 7 heteroatoms. The average Bonchev–Trinajstić information content (AvgIpc) is 3.20. The molecule has 1 aliphatic rings. The number of rotatable bonds is 5. The fourth-order valence-corrected chi connectivity index (χ4v) is 3.12. The first kappa shape index (κ1) is 17.0. The highest BCUT2D eigenvalue weighted by Gasteiger charge is 2.47. The van der Waals surface area contributed by atoms with Crippen molar-refractivity contribution >= 4 is 11.9 Å². The highest BCUT2D eigenvalue weighted by Crippen LogP contribution is 2.32. The molecule has 25 heavy (non-hydrogen) atoms. The standard InChI is InChI=1S/C18H21N3O4/c1-3-25-14-12-21(13-8-5-4-6-9-13)19-15(14)16(22)20-11-7-10-18(20,2)17(23)24/h4-6,8-9,12H,3,7,10-11H2,1-2H3,(H,23,24). The number of carbonyl (C=O) groups excluding carboxylic acids is 1. The number of nitrogens with zero attached hydrogens (tertiary/aromatic N) is 3. The van der Waals surface area contributed by atoms with Crippen molar-refractivity contribution in [2.24, 2.45) is 0 Å². The Morgan fingerprint density at radius 2 is 2.04 bits per heavy atom. The molecule has 1 aromatic carbocycles.